The molecule has 2 rings (SSSR count). The Kier molecular flexibility index (Phi) is 7.42. The minimum absolute atomic E-state index is 0.102. The van der Waals surface area contributed by atoms with Crippen LogP contribution < -0.4 is 5.32 Å². The smallest absolute Gasteiger partial charge is 0.338 e. The number of carbonyl (C=O) groups is 3. The highest BCUT2D eigenvalue weighted by Gasteiger charge is 2.48. The van der Waals surface area contributed by atoms with Crippen LogP contribution in [0.3, 0.4) is 0 Å². The summed E-state index contributed by atoms with van der Waals surface area (Å²) in [6.45, 7) is 12.5. The molecule has 1 aliphatic heterocycles. The summed E-state index contributed by atoms with van der Waals surface area (Å²) < 4.78 is 16.3. The normalized spacial score (nSPS) is 20.0. The largest absolute Gasteiger partial charge is 0.459 e. The van der Waals surface area contributed by atoms with Gasteiger partial charge in [-0.2, -0.15) is 0 Å². The van der Waals surface area contributed by atoms with Crippen molar-refractivity contribution in [2.75, 3.05) is 0 Å². The first-order valence-corrected chi connectivity index (χ1v) is 9.97. The van der Waals surface area contributed by atoms with Crippen molar-refractivity contribution < 1.29 is 28.6 Å². The molecule has 0 radical (unpaired) electrons. The van der Waals surface area contributed by atoms with Crippen molar-refractivity contribution >= 4 is 17.8 Å². The number of nitrogens with one attached hydrogen (secondary N) is 1. The predicted octanol–water partition coefficient (Wildman–Crippen LogP) is 3.13. The molecule has 0 aliphatic carbocycles. The number of cyclic esters (lactones) is 1. The number of ether oxygens (including phenoxy) is 3. The van der Waals surface area contributed by atoms with Crippen LogP contribution in [0.15, 0.2) is 43.0 Å². The number of rotatable bonds is 8. The lowest BCUT2D eigenvalue weighted by Crippen LogP contribution is -2.53. The molecule has 1 amide bonds. The van der Waals surface area contributed by atoms with Crippen molar-refractivity contribution in [1.29, 1.82) is 0 Å². The Balaban J connectivity index is 2.13. The molecule has 1 N–H and O–H groups in total. The third-order valence-corrected chi connectivity index (χ3v) is 4.72. The quantitative estimate of drug-likeness (QED) is 0.516. The number of benzene rings is 1. The molecule has 164 valence electrons. The fourth-order valence-corrected chi connectivity index (χ4v) is 3.16. The van der Waals surface area contributed by atoms with E-state index in [1.54, 1.807) is 13.8 Å². The van der Waals surface area contributed by atoms with Crippen molar-refractivity contribution in [3.8, 4) is 0 Å². The molecule has 1 aromatic rings. The minimum Gasteiger partial charge on any atom is -0.459 e. The maximum Gasteiger partial charge on any atom is 0.338 e. The first kappa shape index (κ1) is 23.6. The highest BCUT2D eigenvalue weighted by molar-refractivity contribution is 5.91. The molecule has 30 heavy (non-hydrogen) atoms. The van der Waals surface area contributed by atoms with Crippen LogP contribution in [0.2, 0.25) is 0 Å². The van der Waals surface area contributed by atoms with Crippen molar-refractivity contribution in [1.82, 2.24) is 5.32 Å². The lowest BCUT2D eigenvalue weighted by Gasteiger charge is -2.31. The summed E-state index contributed by atoms with van der Waals surface area (Å²) in [4.78, 5) is 38.1. The minimum atomic E-state index is -1.11. The van der Waals surface area contributed by atoms with Crippen LogP contribution >= 0.6 is 0 Å². The number of carbonyl (C=O) groups excluding carboxylic acids is 3. The standard InChI is InChI=1S/C23H31NO6/c1-7-11-16(17-20(26)30-23(5,6)29-17)19(25)24-18(22(2,3)4)21(27)28-14-15-12-9-8-10-13-15/h7-10,12-13,16-18H,1,11,14H2,2-6H3,(H,24,25)/t16-,17+,18-/m1/s1. The zero-order chi connectivity index (χ0) is 22.5. The van der Waals surface area contributed by atoms with Crippen molar-refractivity contribution in [3.63, 3.8) is 0 Å². The first-order chi connectivity index (χ1) is 13.9. The third-order valence-electron chi connectivity index (χ3n) is 4.72. The first-order valence-electron chi connectivity index (χ1n) is 9.97. The second-order valence-electron chi connectivity index (χ2n) is 8.89. The van der Waals surface area contributed by atoms with Gasteiger partial charge in [0.25, 0.3) is 0 Å². The molecule has 1 aromatic carbocycles. The molecule has 1 aliphatic rings. The third kappa shape index (κ3) is 6.16. The summed E-state index contributed by atoms with van der Waals surface area (Å²) in [6.07, 6.45) is 0.655. The molecule has 0 spiro atoms. The molecule has 3 atom stereocenters. The maximum absolute atomic E-state index is 13.1. The zero-order valence-corrected chi connectivity index (χ0v) is 18.3. The second kappa shape index (κ2) is 9.43. The Morgan fingerprint density at radius 3 is 2.40 bits per heavy atom. The average Bonchev–Trinajstić information content (AvgIpc) is 2.94. The zero-order valence-electron chi connectivity index (χ0n) is 18.3. The van der Waals surface area contributed by atoms with E-state index in [4.69, 9.17) is 14.2 Å². The average molecular weight is 418 g/mol. The number of allylic oxidation sites excluding steroid dienone is 1. The van der Waals surface area contributed by atoms with E-state index < -0.39 is 47.1 Å². The van der Waals surface area contributed by atoms with Gasteiger partial charge in [0.2, 0.25) is 11.7 Å². The molecule has 7 heteroatoms. The Morgan fingerprint density at radius 2 is 1.90 bits per heavy atom. The summed E-state index contributed by atoms with van der Waals surface area (Å²) >= 11 is 0. The topological polar surface area (TPSA) is 90.9 Å². The second-order valence-corrected chi connectivity index (χ2v) is 8.89. The van der Waals surface area contributed by atoms with Gasteiger partial charge >= 0.3 is 11.9 Å². The number of hydrogen-bond donors (Lipinski definition) is 1. The Morgan fingerprint density at radius 1 is 1.27 bits per heavy atom. The maximum atomic E-state index is 13.1. The Labute approximate surface area is 177 Å². The molecule has 1 heterocycles. The molecule has 0 saturated carbocycles. The van der Waals surface area contributed by atoms with Crippen molar-refractivity contribution in [2.45, 2.75) is 65.6 Å². The predicted molar refractivity (Wildman–Crippen MR) is 111 cm³/mol. The van der Waals surface area contributed by atoms with Crippen LogP contribution in [0.25, 0.3) is 0 Å². The van der Waals surface area contributed by atoms with E-state index in [0.717, 1.165) is 5.56 Å². The van der Waals surface area contributed by atoms with E-state index in [0.29, 0.717) is 0 Å². The van der Waals surface area contributed by atoms with Crippen LogP contribution in [0, 0.1) is 11.3 Å². The molecular formula is C23H31NO6. The molecule has 0 bridgehead atoms. The van der Waals surface area contributed by atoms with Gasteiger partial charge in [0.1, 0.15) is 12.6 Å². The molecule has 1 saturated heterocycles. The Bertz CT molecular complexity index is 781. The Hall–Kier alpha value is -2.67. The SMILES string of the molecule is C=CC[C@@H](C(=O)N[C@H](C(=O)OCc1ccccc1)C(C)(C)C)[C@@H]1OC(C)(C)OC1=O. The van der Waals surface area contributed by atoms with Gasteiger partial charge in [-0.05, 0) is 17.4 Å². The van der Waals surface area contributed by atoms with E-state index in [9.17, 15) is 14.4 Å². The molecule has 0 aromatic heterocycles. The van der Waals surface area contributed by atoms with Crippen LogP contribution in [0.5, 0.6) is 0 Å². The van der Waals surface area contributed by atoms with E-state index >= 15 is 0 Å². The molecule has 7 nitrogen and oxygen atoms in total. The van der Waals surface area contributed by atoms with Gasteiger partial charge in [-0.3, -0.25) is 4.79 Å². The summed E-state index contributed by atoms with van der Waals surface area (Å²) in [7, 11) is 0. The lowest BCUT2D eigenvalue weighted by atomic mass is 9.85. The van der Waals surface area contributed by atoms with Gasteiger partial charge in [-0.15, -0.1) is 6.58 Å². The number of hydrogen-bond acceptors (Lipinski definition) is 6. The van der Waals surface area contributed by atoms with Crippen molar-refractivity contribution in [3.05, 3.63) is 48.6 Å². The van der Waals surface area contributed by atoms with Crippen LogP contribution in [0.4, 0.5) is 0 Å². The summed E-state index contributed by atoms with van der Waals surface area (Å²) in [5.74, 6) is -3.64. The van der Waals surface area contributed by atoms with Gasteiger partial charge < -0.3 is 19.5 Å². The highest BCUT2D eigenvalue weighted by Crippen LogP contribution is 2.30. The molecule has 0 unspecified atom stereocenters. The summed E-state index contributed by atoms with van der Waals surface area (Å²) in [6, 6.07) is 8.38. The number of esters is 2. The van der Waals surface area contributed by atoms with E-state index in [-0.39, 0.29) is 13.0 Å². The van der Waals surface area contributed by atoms with Crippen LogP contribution in [-0.4, -0.2) is 35.8 Å². The fraction of sp³-hybridized carbons (Fsp3) is 0.522. The van der Waals surface area contributed by atoms with E-state index in [1.165, 1.54) is 6.08 Å². The van der Waals surface area contributed by atoms with Gasteiger partial charge in [0.05, 0.1) is 5.92 Å². The van der Waals surface area contributed by atoms with Crippen LogP contribution in [-0.2, 0) is 35.2 Å². The fourth-order valence-electron chi connectivity index (χ4n) is 3.16. The summed E-state index contributed by atoms with van der Waals surface area (Å²) in [5, 5.41) is 2.75. The highest BCUT2D eigenvalue weighted by atomic mass is 16.8. The van der Waals surface area contributed by atoms with Crippen molar-refractivity contribution in [2.24, 2.45) is 11.3 Å². The number of amides is 1. The lowest BCUT2D eigenvalue weighted by molar-refractivity contribution is -0.162. The monoisotopic (exact) mass is 417 g/mol. The van der Waals surface area contributed by atoms with Gasteiger partial charge in [0, 0.05) is 13.8 Å². The van der Waals surface area contributed by atoms with Gasteiger partial charge in [-0.25, -0.2) is 9.59 Å². The van der Waals surface area contributed by atoms with E-state index in [2.05, 4.69) is 11.9 Å². The molecular weight excluding hydrogens is 386 g/mol. The summed E-state index contributed by atoms with van der Waals surface area (Å²) in [5.41, 5.74) is 0.233. The van der Waals surface area contributed by atoms with Gasteiger partial charge in [0.15, 0.2) is 6.10 Å². The van der Waals surface area contributed by atoms with Crippen LogP contribution in [0.1, 0.15) is 46.6 Å². The van der Waals surface area contributed by atoms with E-state index in [1.807, 2.05) is 51.1 Å². The molecule has 1 fully saturated rings. The van der Waals surface area contributed by atoms with Gasteiger partial charge in [-0.1, -0.05) is 57.2 Å².